The van der Waals surface area contributed by atoms with Crippen LogP contribution in [0, 0.1) is 6.92 Å². The molecule has 296 valence electrons. The van der Waals surface area contributed by atoms with Crippen LogP contribution in [0.4, 0.5) is 0 Å². The lowest BCUT2D eigenvalue weighted by atomic mass is 9.66. The number of rotatable bonds is 8. The van der Waals surface area contributed by atoms with E-state index in [0.29, 0.717) is 5.92 Å². The molecule has 1 spiro atoms. The smallest absolute Gasteiger partial charge is 0.132 e. The fourth-order valence-electron chi connectivity index (χ4n) is 11.0. The monoisotopic (exact) mass is 812 g/mol. The maximum atomic E-state index is 6.97. The van der Waals surface area contributed by atoms with Gasteiger partial charge in [-0.05, 0) is 105 Å². The maximum absolute atomic E-state index is 6.97. The van der Waals surface area contributed by atoms with E-state index in [4.69, 9.17) is 4.74 Å². The molecule has 1 unspecified atom stereocenters. The first-order chi connectivity index (χ1) is 30.6. The molecular weight excluding hydrogens is 769 g/mol. The predicted octanol–water partition coefficient (Wildman–Crippen LogP) is 15.6. The molecule has 9 aromatic carbocycles. The van der Waals surface area contributed by atoms with Crippen molar-refractivity contribution < 1.29 is 4.74 Å². The highest BCUT2D eigenvalue weighted by Gasteiger charge is 2.51. The van der Waals surface area contributed by atoms with Crippen molar-refractivity contribution in [2.45, 2.75) is 37.0 Å². The fourth-order valence-corrected chi connectivity index (χ4v) is 12.3. The van der Waals surface area contributed by atoms with Crippen molar-refractivity contribution in [2.24, 2.45) is 0 Å². The van der Waals surface area contributed by atoms with Crippen LogP contribution >= 0.6 is 11.3 Å². The molecule has 1 atom stereocenters. The van der Waals surface area contributed by atoms with E-state index < -0.39 is 5.41 Å². The number of aryl methyl sites for hydroxylation is 1. The molecule has 12 rings (SSSR count). The van der Waals surface area contributed by atoms with Gasteiger partial charge >= 0.3 is 0 Å². The maximum Gasteiger partial charge on any atom is 0.132 e. The Morgan fingerprint density at radius 1 is 0.419 bits per heavy atom. The molecule has 2 heteroatoms. The summed E-state index contributed by atoms with van der Waals surface area (Å²) in [5.74, 6) is 2.28. The summed E-state index contributed by atoms with van der Waals surface area (Å²) in [5, 5.41) is 2.73. The molecule has 2 aliphatic rings. The molecule has 1 aliphatic carbocycles. The van der Waals surface area contributed by atoms with Crippen molar-refractivity contribution >= 4 is 31.5 Å². The molecule has 0 fully saturated rings. The van der Waals surface area contributed by atoms with Gasteiger partial charge in [0.2, 0.25) is 0 Å². The van der Waals surface area contributed by atoms with Gasteiger partial charge in [0.05, 0.1) is 5.41 Å². The van der Waals surface area contributed by atoms with Crippen LogP contribution < -0.4 is 4.74 Å². The number of ether oxygens (including phenoxy) is 1. The Hall–Kier alpha value is -7.00. The van der Waals surface area contributed by atoms with E-state index in [-0.39, 0.29) is 5.92 Å². The minimum Gasteiger partial charge on any atom is -0.457 e. The van der Waals surface area contributed by atoms with Gasteiger partial charge in [-0.25, -0.2) is 0 Å². The van der Waals surface area contributed by atoms with Crippen molar-refractivity contribution in [3.63, 3.8) is 0 Å². The van der Waals surface area contributed by atoms with Gasteiger partial charge in [0.25, 0.3) is 0 Å². The van der Waals surface area contributed by atoms with Gasteiger partial charge < -0.3 is 4.74 Å². The van der Waals surface area contributed by atoms with E-state index in [1.807, 2.05) is 11.3 Å². The summed E-state index contributed by atoms with van der Waals surface area (Å²) >= 11 is 1.93. The Labute approximate surface area is 367 Å². The van der Waals surface area contributed by atoms with Gasteiger partial charge in [0.15, 0.2) is 0 Å². The lowest BCUT2D eigenvalue weighted by Crippen LogP contribution is -2.32. The molecule has 2 heterocycles. The Morgan fingerprint density at radius 3 is 1.58 bits per heavy atom. The first-order valence-corrected chi connectivity index (χ1v) is 22.7. The summed E-state index contributed by atoms with van der Waals surface area (Å²) in [5.41, 5.74) is 16.5. The SMILES string of the molecule is Cc1cc(CC(c2ccccc2)c2ccc3c(c2)Oc2ccccc2C32c3ccccc3-c3ccccc32)cc2sc3cc(CC(c4ccccc4)c4ccccc4)ccc3c12. The average molecular weight is 813 g/mol. The normalized spacial score (nSPS) is 13.7. The van der Waals surface area contributed by atoms with Crippen LogP contribution in [0.5, 0.6) is 11.5 Å². The highest BCUT2D eigenvalue weighted by molar-refractivity contribution is 7.25. The summed E-state index contributed by atoms with van der Waals surface area (Å²) in [6.07, 6.45) is 1.83. The van der Waals surface area contributed by atoms with Gasteiger partial charge in [0, 0.05) is 43.1 Å². The van der Waals surface area contributed by atoms with Crippen LogP contribution in [0.2, 0.25) is 0 Å². The van der Waals surface area contributed by atoms with Crippen LogP contribution in [-0.4, -0.2) is 0 Å². The van der Waals surface area contributed by atoms with Crippen LogP contribution in [0.25, 0.3) is 31.3 Å². The van der Waals surface area contributed by atoms with Gasteiger partial charge in [-0.1, -0.05) is 188 Å². The van der Waals surface area contributed by atoms with Crippen LogP contribution in [0.3, 0.4) is 0 Å². The van der Waals surface area contributed by atoms with Crippen LogP contribution in [0.15, 0.2) is 212 Å². The van der Waals surface area contributed by atoms with Crippen LogP contribution in [-0.2, 0) is 18.3 Å². The molecule has 62 heavy (non-hydrogen) atoms. The Balaban J connectivity index is 0.933. The zero-order chi connectivity index (χ0) is 41.2. The topological polar surface area (TPSA) is 9.23 Å². The third-order valence-electron chi connectivity index (χ3n) is 13.7. The number of fused-ring (bicyclic) bond motifs is 12. The molecule has 10 aromatic rings. The standard InChI is InChI=1S/C60H44OS/c1-39-33-41(37-58-59(39)48-31-29-40(36-57(48)62-58)34-49(42-17-5-2-6-18-42)43-19-7-3-8-20-43)35-50(44-21-9-4-10-22-44)45-30-32-54-56(38-45)61-55-28-16-15-27-53(55)60(54)51-25-13-11-23-46(51)47-24-12-14-26-52(47)60/h2-33,36-38,49-50H,34-35H2,1H3. The Kier molecular flexibility index (Phi) is 8.83. The second kappa shape index (κ2) is 14.9. The van der Waals surface area contributed by atoms with Gasteiger partial charge in [0.1, 0.15) is 11.5 Å². The summed E-state index contributed by atoms with van der Waals surface area (Å²) in [6, 6.07) is 78.7. The summed E-state index contributed by atoms with van der Waals surface area (Å²) < 4.78 is 9.68. The molecule has 1 aromatic heterocycles. The van der Waals surface area contributed by atoms with Gasteiger partial charge in [-0.2, -0.15) is 0 Å². The van der Waals surface area contributed by atoms with Crippen molar-refractivity contribution in [1.82, 2.24) is 0 Å². The second-order valence-electron chi connectivity index (χ2n) is 17.2. The molecule has 1 aliphatic heterocycles. The molecular formula is C60H44OS. The number of hydrogen-bond acceptors (Lipinski definition) is 2. The molecule has 0 bridgehead atoms. The van der Waals surface area contributed by atoms with Crippen LogP contribution in [0.1, 0.15) is 73.0 Å². The highest BCUT2D eigenvalue weighted by atomic mass is 32.1. The zero-order valence-electron chi connectivity index (χ0n) is 34.6. The molecule has 0 radical (unpaired) electrons. The highest BCUT2D eigenvalue weighted by Crippen LogP contribution is 2.62. The van der Waals surface area contributed by atoms with Crippen molar-refractivity contribution in [2.75, 3.05) is 0 Å². The molecule has 0 N–H and O–H groups in total. The summed E-state index contributed by atoms with van der Waals surface area (Å²) in [7, 11) is 0. The largest absolute Gasteiger partial charge is 0.457 e. The minimum atomic E-state index is -0.467. The number of thiophene rings is 1. The Morgan fingerprint density at radius 2 is 0.935 bits per heavy atom. The van der Waals surface area contributed by atoms with E-state index in [1.54, 1.807) is 0 Å². The number of benzene rings is 9. The average Bonchev–Trinajstić information content (AvgIpc) is 3.84. The zero-order valence-corrected chi connectivity index (χ0v) is 35.4. The first kappa shape index (κ1) is 36.8. The van der Waals surface area contributed by atoms with Gasteiger partial charge in [-0.15, -0.1) is 11.3 Å². The quantitative estimate of drug-likeness (QED) is 0.148. The van der Waals surface area contributed by atoms with Crippen molar-refractivity contribution in [3.8, 4) is 22.6 Å². The minimum absolute atomic E-state index is 0.132. The van der Waals surface area contributed by atoms with E-state index in [2.05, 4.69) is 219 Å². The van der Waals surface area contributed by atoms with Crippen molar-refractivity contribution in [1.29, 1.82) is 0 Å². The van der Waals surface area contributed by atoms with E-state index in [0.717, 1.165) is 24.3 Å². The Bertz CT molecular complexity index is 3200. The van der Waals surface area contributed by atoms with Crippen molar-refractivity contribution in [3.05, 3.63) is 274 Å². The summed E-state index contributed by atoms with van der Waals surface area (Å²) in [4.78, 5) is 0. The van der Waals surface area contributed by atoms with Gasteiger partial charge in [-0.3, -0.25) is 0 Å². The number of para-hydroxylation sites is 1. The predicted molar refractivity (Wildman–Crippen MR) is 258 cm³/mol. The lowest BCUT2D eigenvalue weighted by molar-refractivity contribution is 0.435. The molecule has 1 nitrogen and oxygen atoms in total. The van der Waals surface area contributed by atoms with E-state index in [1.165, 1.54) is 92.5 Å². The fraction of sp³-hybridized carbons (Fsp3) is 0.100. The van der Waals surface area contributed by atoms with E-state index >= 15 is 0 Å². The molecule has 0 amide bonds. The van der Waals surface area contributed by atoms with E-state index in [9.17, 15) is 0 Å². The number of hydrogen-bond donors (Lipinski definition) is 0. The first-order valence-electron chi connectivity index (χ1n) is 21.8. The summed E-state index contributed by atoms with van der Waals surface area (Å²) in [6.45, 7) is 2.30. The molecule has 0 saturated heterocycles. The third-order valence-corrected chi connectivity index (χ3v) is 14.8. The second-order valence-corrected chi connectivity index (χ2v) is 18.2. The third kappa shape index (κ3) is 5.89. The lowest BCUT2D eigenvalue weighted by Gasteiger charge is -2.39. The molecule has 0 saturated carbocycles.